The van der Waals surface area contributed by atoms with Crippen molar-refractivity contribution in [3.63, 3.8) is 0 Å². The topological polar surface area (TPSA) is 75.6 Å². The Labute approximate surface area is 83.4 Å². The lowest BCUT2D eigenvalue weighted by atomic mass is 10.2. The third-order valence-electron chi connectivity index (χ3n) is 1.44. The van der Waals surface area contributed by atoms with Gasteiger partial charge in [0.05, 0.1) is 12.5 Å². The van der Waals surface area contributed by atoms with Crippen LogP contribution in [0.5, 0.6) is 0 Å². The van der Waals surface area contributed by atoms with Crippen LogP contribution in [0.25, 0.3) is 0 Å². The number of ether oxygens (including phenoxy) is 1. The number of amides is 1. The van der Waals surface area contributed by atoms with Gasteiger partial charge in [-0.25, -0.2) is 0 Å². The highest BCUT2D eigenvalue weighted by Gasteiger charge is 2.22. The largest absolute Gasteiger partial charge is 0.481 e. The molecule has 0 fully saturated rings. The maximum atomic E-state index is 11.3. The quantitative estimate of drug-likeness (QED) is 0.654. The SMILES string of the molecule is CCNC(=O)C(CC(=O)O)OC(C)C. The third-order valence-corrected chi connectivity index (χ3v) is 1.44. The normalized spacial score (nSPS) is 12.6. The average Bonchev–Trinajstić information content (AvgIpc) is 2.01. The number of carboxylic acids is 1. The number of nitrogens with one attached hydrogen (secondary N) is 1. The van der Waals surface area contributed by atoms with Gasteiger partial charge in [0.25, 0.3) is 0 Å². The zero-order valence-corrected chi connectivity index (χ0v) is 8.74. The lowest BCUT2D eigenvalue weighted by molar-refractivity contribution is -0.148. The van der Waals surface area contributed by atoms with Crippen LogP contribution >= 0.6 is 0 Å². The van der Waals surface area contributed by atoms with Crippen LogP contribution in [0.3, 0.4) is 0 Å². The summed E-state index contributed by atoms with van der Waals surface area (Å²) in [5, 5.41) is 11.1. The Balaban J connectivity index is 4.22. The summed E-state index contributed by atoms with van der Waals surface area (Å²) in [7, 11) is 0. The summed E-state index contributed by atoms with van der Waals surface area (Å²) in [5.74, 6) is -1.41. The lowest BCUT2D eigenvalue weighted by Crippen LogP contribution is -2.39. The van der Waals surface area contributed by atoms with E-state index in [1.807, 2.05) is 0 Å². The fourth-order valence-electron chi connectivity index (χ4n) is 0.978. The van der Waals surface area contributed by atoms with E-state index in [0.717, 1.165) is 0 Å². The van der Waals surface area contributed by atoms with E-state index in [1.165, 1.54) is 0 Å². The second kappa shape index (κ2) is 6.37. The minimum atomic E-state index is -1.04. The summed E-state index contributed by atoms with van der Waals surface area (Å²) in [5.41, 5.74) is 0. The monoisotopic (exact) mass is 203 g/mol. The van der Waals surface area contributed by atoms with E-state index in [1.54, 1.807) is 20.8 Å². The number of likely N-dealkylation sites (N-methyl/N-ethyl adjacent to an activating group) is 1. The molecule has 1 amide bonds. The Morgan fingerprint density at radius 2 is 2.00 bits per heavy atom. The first-order valence-electron chi connectivity index (χ1n) is 4.62. The first-order valence-corrected chi connectivity index (χ1v) is 4.62. The second-order valence-corrected chi connectivity index (χ2v) is 3.17. The molecule has 0 rings (SSSR count). The van der Waals surface area contributed by atoms with E-state index in [2.05, 4.69) is 5.32 Å². The predicted octanol–water partition coefficient (Wildman–Crippen LogP) is 0.391. The van der Waals surface area contributed by atoms with Crippen molar-refractivity contribution in [3.05, 3.63) is 0 Å². The predicted molar refractivity (Wildman–Crippen MR) is 50.9 cm³/mol. The molecule has 1 atom stereocenters. The Morgan fingerprint density at radius 1 is 1.43 bits per heavy atom. The minimum Gasteiger partial charge on any atom is -0.481 e. The highest BCUT2D eigenvalue weighted by Crippen LogP contribution is 2.03. The van der Waals surface area contributed by atoms with Gasteiger partial charge in [-0.3, -0.25) is 9.59 Å². The molecule has 0 aromatic rings. The molecule has 0 aromatic heterocycles. The summed E-state index contributed by atoms with van der Waals surface area (Å²) in [6, 6.07) is 0. The summed E-state index contributed by atoms with van der Waals surface area (Å²) in [4.78, 5) is 21.8. The van der Waals surface area contributed by atoms with Gasteiger partial charge in [-0.15, -0.1) is 0 Å². The van der Waals surface area contributed by atoms with E-state index < -0.39 is 12.1 Å². The highest BCUT2D eigenvalue weighted by molar-refractivity contribution is 5.85. The number of rotatable bonds is 6. The molecule has 82 valence electrons. The van der Waals surface area contributed by atoms with Crippen molar-refractivity contribution in [1.29, 1.82) is 0 Å². The van der Waals surface area contributed by atoms with Crippen LogP contribution in [0.1, 0.15) is 27.2 Å². The van der Waals surface area contributed by atoms with Crippen LogP contribution in [0, 0.1) is 0 Å². The molecule has 0 aliphatic heterocycles. The molecule has 0 saturated heterocycles. The number of carboxylic acid groups (broad SMARTS) is 1. The minimum absolute atomic E-state index is 0.165. The summed E-state index contributed by atoms with van der Waals surface area (Å²) in [6.07, 6.45) is -1.36. The molecule has 14 heavy (non-hydrogen) atoms. The van der Waals surface area contributed by atoms with E-state index in [4.69, 9.17) is 9.84 Å². The number of hydrogen-bond donors (Lipinski definition) is 2. The van der Waals surface area contributed by atoms with Gasteiger partial charge in [0.2, 0.25) is 5.91 Å². The molecule has 0 spiro atoms. The molecular formula is C9H17NO4. The van der Waals surface area contributed by atoms with Crippen molar-refractivity contribution >= 4 is 11.9 Å². The van der Waals surface area contributed by atoms with Gasteiger partial charge in [0, 0.05) is 6.54 Å². The molecule has 1 unspecified atom stereocenters. The zero-order chi connectivity index (χ0) is 11.1. The molecule has 0 aliphatic carbocycles. The summed E-state index contributed by atoms with van der Waals surface area (Å²) in [6.45, 7) is 5.75. The van der Waals surface area contributed by atoms with E-state index in [0.29, 0.717) is 6.54 Å². The molecule has 2 N–H and O–H groups in total. The van der Waals surface area contributed by atoms with Crippen molar-refractivity contribution in [2.24, 2.45) is 0 Å². The van der Waals surface area contributed by atoms with Crippen molar-refractivity contribution < 1.29 is 19.4 Å². The van der Waals surface area contributed by atoms with Crippen LogP contribution in [-0.2, 0) is 14.3 Å². The first kappa shape index (κ1) is 12.9. The Morgan fingerprint density at radius 3 is 2.36 bits per heavy atom. The van der Waals surface area contributed by atoms with Gasteiger partial charge < -0.3 is 15.2 Å². The van der Waals surface area contributed by atoms with E-state index in [9.17, 15) is 9.59 Å². The van der Waals surface area contributed by atoms with E-state index in [-0.39, 0.29) is 18.4 Å². The fourth-order valence-corrected chi connectivity index (χ4v) is 0.978. The Hall–Kier alpha value is -1.10. The van der Waals surface area contributed by atoms with Crippen molar-refractivity contribution in [1.82, 2.24) is 5.32 Å². The van der Waals surface area contributed by atoms with Crippen LogP contribution in [0.4, 0.5) is 0 Å². The molecule has 0 heterocycles. The molecule has 0 bridgehead atoms. The number of hydrogen-bond acceptors (Lipinski definition) is 3. The van der Waals surface area contributed by atoms with Crippen molar-refractivity contribution in [2.45, 2.75) is 39.4 Å². The van der Waals surface area contributed by atoms with Crippen LogP contribution < -0.4 is 5.32 Å². The molecule has 5 heteroatoms. The van der Waals surface area contributed by atoms with Gasteiger partial charge in [0.15, 0.2) is 0 Å². The van der Waals surface area contributed by atoms with Gasteiger partial charge in [-0.05, 0) is 20.8 Å². The van der Waals surface area contributed by atoms with Crippen LogP contribution in [0.15, 0.2) is 0 Å². The zero-order valence-electron chi connectivity index (χ0n) is 8.74. The van der Waals surface area contributed by atoms with E-state index >= 15 is 0 Å². The summed E-state index contributed by atoms with van der Waals surface area (Å²) >= 11 is 0. The van der Waals surface area contributed by atoms with Gasteiger partial charge in [0.1, 0.15) is 6.10 Å². The molecule has 0 aliphatic rings. The van der Waals surface area contributed by atoms with Gasteiger partial charge in [-0.1, -0.05) is 0 Å². The Kier molecular flexibility index (Phi) is 5.87. The standard InChI is InChI=1S/C9H17NO4/c1-4-10-9(13)7(5-8(11)12)14-6(2)3/h6-7H,4-5H2,1-3H3,(H,10,13)(H,11,12). The molecule has 0 radical (unpaired) electrons. The fraction of sp³-hybridized carbons (Fsp3) is 0.778. The molecular weight excluding hydrogens is 186 g/mol. The first-order chi connectivity index (χ1) is 6.47. The molecule has 5 nitrogen and oxygen atoms in total. The highest BCUT2D eigenvalue weighted by atomic mass is 16.5. The summed E-state index contributed by atoms with van der Waals surface area (Å²) < 4.78 is 5.18. The van der Waals surface area contributed by atoms with Gasteiger partial charge in [-0.2, -0.15) is 0 Å². The maximum Gasteiger partial charge on any atom is 0.306 e. The second-order valence-electron chi connectivity index (χ2n) is 3.17. The average molecular weight is 203 g/mol. The number of aliphatic carboxylic acids is 1. The van der Waals surface area contributed by atoms with Crippen LogP contribution in [-0.4, -0.2) is 35.7 Å². The number of carbonyl (C=O) groups is 2. The molecule has 0 saturated carbocycles. The maximum absolute atomic E-state index is 11.3. The van der Waals surface area contributed by atoms with Crippen molar-refractivity contribution in [3.8, 4) is 0 Å². The third kappa shape index (κ3) is 5.53. The smallest absolute Gasteiger partial charge is 0.306 e. The lowest BCUT2D eigenvalue weighted by Gasteiger charge is -2.17. The number of carbonyl (C=O) groups excluding carboxylic acids is 1. The van der Waals surface area contributed by atoms with Gasteiger partial charge >= 0.3 is 5.97 Å². The van der Waals surface area contributed by atoms with Crippen LogP contribution in [0.2, 0.25) is 0 Å². The Bertz CT molecular complexity index is 203. The van der Waals surface area contributed by atoms with Crippen molar-refractivity contribution in [2.75, 3.05) is 6.54 Å². The molecule has 0 aromatic carbocycles.